The van der Waals surface area contributed by atoms with Crippen molar-refractivity contribution in [3.05, 3.63) is 71.0 Å². The van der Waals surface area contributed by atoms with Gasteiger partial charge in [0, 0.05) is 27.1 Å². The number of carbonyl (C=O) groups is 1. The summed E-state index contributed by atoms with van der Waals surface area (Å²) in [4.78, 5) is 17.6. The van der Waals surface area contributed by atoms with Gasteiger partial charge >= 0.3 is 5.97 Å². The first-order valence-electron chi connectivity index (χ1n) is 14.4. The number of hydrogen-bond donors (Lipinski definition) is 0. The van der Waals surface area contributed by atoms with Crippen LogP contribution in [-0.4, -0.2) is 39.1 Å². The van der Waals surface area contributed by atoms with Crippen molar-refractivity contribution in [3.63, 3.8) is 0 Å². The Morgan fingerprint density at radius 1 is 1.15 bits per heavy atom. The van der Waals surface area contributed by atoms with Crippen molar-refractivity contribution < 1.29 is 23.1 Å². The predicted molar refractivity (Wildman–Crippen MR) is 166 cm³/mol. The van der Waals surface area contributed by atoms with Crippen LogP contribution in [-0.2, 0) is 18.7 Å². The molecular weight excluding hydrogens is 518 g/mol. The van der Waals surface area contributed by atoms with E-state index in [1.54, 1.807) is 13.2 Å². The van der Waals surface area contributed by atoms with Crippen molar-refractivity contribution in [2.75, 3.05) is 13.7 Å². The highest BCUT2D eigenvalue weighted by Crippen LogP contribution is 2.37. The molecule has 0 fully saturated rings. The number of oxazole rings is 1. The van der Waals surface area contributed by atoms with Gasteiger partial charge in [-0.25, -0.2) is 9.78 Å². The van der Waals surface area contributed by atoms with E-state index >= 15 is 0 Å². The largest absolute Gasteiger partial charge is 0.455 e. The average Bonchev–Trinajstić information content (AvgIpc) is 3.29. The molecule has 0 saturated heterocycles. The third kappa shape index (κ3) is 10.8. The van der Waals surface area contributed by atoms with Gasteiger partial charge in [-0.1, -0.05) is 69.7 Å². The zero-order chi connectivity index (χ0) is 29.9. The van der Waals surface area contributed by atoms with E-state index in [2.05, 4.69) is 58.8 Å². The minimum atomic E-state index is -1.72. The molecule has 2 aromatic rings. The number of allylic oxidation sites excluding steroid dienone is 1. The Balaban J connectivity index is 2.03. The molecule has 3 atom stereocenters. The fourth-order valence-electron chi connectivity index (χ4n) is 4.09. The number of benzene rings is 1. The zero-order valence-corrected chi connectivity index (χ0v) is 27.4. The number of aromatic nitrogens is 1. The second-order valence-electron chi connectivity index (χ2n) is 12.5. The van der Waals surface area contributed by atoms with Crippen LogP contribution in [0.5, 0.6) is 0 Å². The second kappa shape index (κ2) is 15.5. The smallest absolute Gasteiger partial charge is 0.340 e. The minimum absolute atomic E-state index is 0.232. The van der Waals surface area contributed by atoms with Gasteiger partial charge in [-0.15, -0.1) is 0 Å². The third-order valence-electron chi connectivity index (χ3n) is 7.81. The number of ether oxygens (including phenoxy) is 2. The molecule has 0 radical (unpaired) electrons. The molecule has 6 nitrogen and oxygen atoms in total. The van der Waals surface area contributed by atoms with Gasteiger partial charge in [-0.3, -0.25) is 0 Å². The summed E-state index contributed by atoms with van der Waals surface area (Å²) in [6.45, 7) is 20.5. The molecule has 0 aliphatic heterocycles. The summed E-state index contributed by atoms with van der Waals surface area (Å²) in [5.74, 6) is 0.705. The number of rotatable bonds is 15. The molecule has 222 valence electrons. The Morgan fingerprint density at radius 3 is 2.40 bits per heavy atom. The van der Waals surface area contributed by atoms with E-state index in [0.29, 0.717) is 23.9 Å². The Hall–Kier alpha value is -2.48. The van der Waals surface area contributed by atoms with Crippen molar-refractivity contribution in [2.45, 2.75) is 104 Å². The molecule has 0 aliphatic rings. The number of methoxy groups -OCH3 is 1. The van der Waals surface area contributed by atoms with Crippen LogP contribution in [0.3, 0.4) is 0 Å². The quantitative estimate of drug-likeness (QED) is 0.121. The average molecular weight is 570 g/mol. The van der Waals surface area contributed by atoms with Crippen molar-refractivity contribution in [1.82, 2.24) is 4.98 Å². The fourth-order valence-corrected chi connectivity index (χ4v) is 5.22. The van der Waals surface area contributed by atoms with Gasteiger partial charge in [-0.2, -0.15) is 0 Å². The summed E-state index contributed by atoms with van der Waals surface area (Å²) in [5.41, 5.74) is 3.65. The van der Waals surface area contributed by atoms with Gasteiger partial charge < -0.3 is 18.3 Å². The van der Waals surface area contributed by atoms with Crippen LogP contribution in [0.1, 0.15) is 90.5 Å². The van der Waals surface area contributed by atoms with Crippen molar-refractivity contribution in [3.8, 4) is 0 Å². The van der Waals surface area contributed by atoms with Crippen LogP contribution in [0.4, 0.5) is 0 Å². The first-order valence-corrected chi connectivity index (χ1v) is 17.3. The van der Waals surface area contributed by atoms with E-state index in [9.17, 15) is 4.79 Å². The maximum atomic E-state index is 13.2. The normalized spacial score (nSPS) is 15.6. The number of hydrogen-bond acceptors (Lipinski definition) is 6. The molecule has 7 heteroatoms. The molecule has 2 rings (SSSR count). The fraction of sp³-hybridized carbons (Fsp3) is 0.576. The molecule has 1 aromatic heterocycles. The molecule has 1 heterocycles. The Labute approximate surface area is 243 Å². The molecule has 0 unspecified atom stereocenters. The highest BCUT2D eigenvalue weighted by atomic mass is 28.4. The van der Waals surface area contributed by atoms with Gasteiger partial charge in [0.15, 0.2) is 20.3 Å². The Morgan fingerprint density at radius 2 is 1.82 bits per heavy atom. The predicted octanol–water partition coefficient (Wildman–Crippen LogP) is 8.85. The van der Waals surface area contributed by atoms with E-state index in [4.69, 9.17) is 18.3 Å². The van der Waals surface area contributed by atoms with Crippen LogP contribution in [0.15, 0.2) is 58.2 Å². The van der Waals surface area contributed by atoms with Crippen LogP contribution >= 0.6 is 0 Å². The number of nitrogens with zero attached hydrogens (tertiary/aromatic N) is 1. The van der Waals surface area contributed by atoms with Crippen LogP contribution in [0, 0.1) is 12.8 Å². The van der Waals surface area contributed by atoms with Crippen molar-refractivity contribution in [1.29, 1.82) is 0 Å². The van der Waals surface area contributed by atoms with E-state index in [1.165, 1.54) is 12.7 Å². The lowest BCUT2D eigenvalue weighted by Crippen LogP contribution is -2.41. The highest BCUT2D eigenvalue weighted by molar-refractivity contribution is 6.74. The first kappa shape index (κ1) is 33.7. The molecule has 0 saturated carbocycles. The van der Waals surface area contributed by atoms with Gasteiger partial charge in [0.1, 0.15) is 18.1 Å². The molecule has 0 bridgehead atoms. The topological polar surface area (TPSA) is 70.8 Å². The molecule has 0 amide bonds. The number of aryl methyl sites for hydroxylation is 1. The summed E-state index contributed by atoms with van der Waals surface area (Å²) in [6, 6.07) is 9.42. The lowest BCUT2D eigenvalue weighted by atomic mass is 10.00. The summed E-state index contributed by atoms with van der Waals surface area (Å²) in [7, 11) is -0.191. The van der Waals surface area contributed by atoms with E-state index in [1.807, 2.05) is 43.3 Å². The third-order valence-corrected chi connectivity index (χ3v) is 12.3. The Bertz CT molecular complexity index is 1110. The molecule has 0 N–H and O–H groups in total. The maximum Gasteiger partial charge on any atom is 0.340 e. The molecular formula is C33H51NO5Si. The summed E-state index contributed by atoms with van der Waals surface area (Å²) in [5, 5.41) is 0.232. The second-order valence-corrected chi connectivity index (χ2v) is 17.3. The van der Waals surface area contributed by atoms with Crippen LogP contribution in [0.25, 0.3) is 6.08 Å². The summed E-state index contributed by atoms with van der Waals surface area (Å²) in [6.07, 6.45) is 8.26. The highest BCUT2D eigenvalue weighted by Gasteiger charge is 2.37. The van der Waals surface area contributed by atoms with Crippen molar-refractivity contribution >= 4 is 20.4 Å². The molecule has 0 aliphatic carbocycles. The maximum absolute atomic E-state index is 13.2. The lowest BCUT2D eigenvalue weighted by Gasteiger charge is -2.37. The SMILES string of the molecule is CO[C@@H](C(=O)O[C@@H](CC=C(C)CCC[C@H](C)CO[Si](C)(C)C(C)(C)C)C(C)=Cc1coc(C)n1)c1ccccc1. The first-order chi connectivity index (χ1) is 18.7. The van der Waals surface area contributed by atoms with E-state index < -0.39 is 26.5 Å². The van der Waals surface area contributed by atoms with Gasteiger partial charge in [-0.05, 0) is 74.4 Å². The zero-order valence-electron chi connectivity index (χ0n) is 26.4. The monoisotopic (exact) mass is 569 g/mol. The Kier molecular flexibility index (Phi) is 13.1. The standard InChI is InChI=1S/C33H51NO5Si/c1-24(15-14-16-25(2)22-38-40(9,10)33(5,6)7)19-20-30(26(3)21-29-23-37-27(4)34-29)39-32(35)31(36-8)28-17-12-11-13-18-28/h11-13,17-19,21,23,25,30-31H,14-16,20,22H2,1-10H3/t25-,30-,31+/m0/s1. The number of esters is 1. The lowest BCUT2D eigenvalue weighted by molar-refractivity contribution is -0.159. The van der Waals surface area contributed by atoms with Crippen LogP contribution < -0.4 is 0 Å². The van der Waals surface area contributed by atoms with Gasteiger partial charge in [0.25, 0.3) is 0 Å². The van der Waals surface area contributed by atoms with Crippen LogP contribution in [0.2, 0.25) is 18.1 Å². The summed E-state index contributed by atoms with van der Waals surface area (Å²) >= 11 is 0. The summed E-state index contributed by atoms with van der Waals surface area (Å²) < 4.78 is 23.3. The molecule has 40 heavy (non-hydrogen) atoms. The van der Waals surface area contributed by atoms with Gasteiger partial charge in [0.05, 0.1) is 0 Å². The van der Waals surface area contributed by atoms with E-state index in [0.717, 1.165) is 37.0 Å². The van der Waals surface area contributed by atoms with E-state index in [-0.39, 0.29) is 5.04 Å². The number of carbonyl (C=O) groups excluding carboxylic acids is 1. The van der Waals surface area contributed by atoms with Gasteiger partial charge in [0.2, 0.25) is 0 Å². The molecule has 0 spiro atoms. The minimum Gasteiger partial charge on any atom is -0.455 e. The molecule has 1 aromatic carbocycles. The van der Waals surface area contributed by atoms with Crippen molar-refractivity contribution in [2.24, 2.45) is 5.92 Å².